The molecule has 0 bridgehead atoms. The van der Waals surface area contributed by atoms with E-state index in [-0.39, 0.29) is 30.9 Å². The highest BCUT2D eigenvalue weighted by Crippen LogP contribution is 2.42. The van der Waals surface area contributed by atoms with Crippen molar-refractivity contribution in [1.82, 2.24) is 14.7 Å². The van der Waals surface area contributed by atoms with Crippen LogP contribution >= 0.6 is 0 Å². The van der Waals surface area contributed by atoms with Crippen molar-refractivity contribution in [3.63, 3.8) is 0 Å². The first kappa shape index (κ1) is 32.6. The van der Waals surface area contributed by atoms with E-state index in [0.29, 0.717) is 23.4 Å². The minimum atomic E-state index is -4.63. The van der Waals surface area contributed by atoms with Gasteiger partial charge in [0.05, 0.1) is 37.1 Å². The van der Waals surface area contributed by atoms with E-state index in [9.17, 15) is 18.0 Å². The lowest BCUT2D eigenvalue weighted by Gasteiger charge is -2.45. The number of piperazine rings is 1. The zero-order valence-electron chi connectivity index (χ0n) is 25.1. The van der Waals surface area contributed by atoms with E-state index in [2.05, 4.69) is 23.6 Å². The number of amides is 1. The predicted molar refractivity (Wildman–Crippen MR) is 159 cm³/mol. The summed E-state index contributed by atoms with van der Waals surface area (Å²) in [6.07, 6.45) is -4.32. The predicted octanol–water partition coefficient (Wildman–Crippen LogP) is 5.15. The number of nitrogens with zero attached hydrogens (tertiary/aromatic N) is 4. The maximum atomic E-state index is 15.6. The molecule has 0 spiro atoms. The number of amidine groups is 1. The van der Waals surface area contributed by atoms with Crippen LogP contribution in [0.3, 0.4) is 0 Å². The fourth-order valence-electron chi connectivity index (χ4n) is 5.56. The van der Waals surface area contributed by atoms with Crippen molar-refractivity contribution < 1.29 is 27.1 Å². The first-order chi connectivity index (χ1) is 20.4. The third-order valence-corrected chi connectivity index (χ3v) is 8.16. The number of benzene rings is 2. The first-order valence-corrected chi connectivity index (χ1v) is 14.5. The van der Waals surface area contributed by atoms with Crippen molar-refractivity contribution in [3.05, 3.63) is 64.2 Å². The number of nitrogens with one attached hydrogen (secondary N) is 2. The minimum absolute atomic E-state index is 0.00607. The van der Waals surface area contributed by atoms with Crippen LogP contribution in [0.25, 0.3) is 0 Å². The van der Waals surface area contributed by atoms with Crippen molar-refractivity contribution in [3.8, 4) is 0 Å². The second-order valence-corrected chi connectivity index (χ2v) is 11.5. The summed E-state index contributed by atoms with van der Waals surface area (Å²) >= 11 is 0. The van der Waals surface area contributed by atoms with E-state index in [0.717, 1.165) is 43.5 Å². The number of alkyl halides is 4. The summed E-state index contributed by atoms with van der Waals surface area (Å²) in [7, 11) is 3.41. The molecule has 1 unspecified atom stereocenters. The summed E-state index contributed by atoms with van der Waals surface area (Å²) < 4.78 is 63.5. The van der Waals surface area contributed by atoms with Gasteiger partial charge >= 0.3 is 6.18 Å². The van der Waals surface area contributed by atoms with E-state index in [1.165, 1.54) is 18.4 Å². The van der Waals surface area contributed by atoms with E-state index in [1.807, 2.05) is 7.05 Å². The number of halogens is 4. The van der Waals surface area contributed by atoms with Crippen LogP contribution in [0, 0.1) is 10.8 Å². The summed E-state index contributed by atoms with van der Waals surface area (Å²) in [5, 5.41) is 15.5. The Morgan fingerprint density at radius 1 is 1.14 bits per heavy atom. The molecule has 0 aliphatic carbocycles. The Kier molecular flexibility index (Phi) is 9.93. The molecule has 0 saturated carbocycles. The number of anilines is 1. The summed E-state index contributed by atoms with van der Waals surface area (Å²) in [6, 6.07) is 9.23. The van der Waals surface area contributed by atoms with E-state index >= 15 is 4.39 Å². The minimum Gasteiger partial charge on any atom is -0.379 e. The number of fused-ring (bicyclic) bond motifs is 1. The Morgan fingerprint density at radius 2 is 1.79 bits per heavy atom. The highest BCUT2D eigenvalue weighted by atomic mass is 19.4. The molecule has 234 valence electrons. The van der Waals surface area contributed by atoms with Crippen LogP contribution in [0.5, 0.6) is 0 Å². The highest BCUT2D eigenvalue weighted by Gasteiger charge is 2.51. The number of carbonyl (C=O) groups excluding carboxylic acids is 1. The lowest BCUT2D eigenvalue weighted by molar-refractivity contribution is -0.138. The van der Waals surface area contributed by atoms with Crippen LogP contribution in [0.15, 0.2) is 36.4 Å². The van der Waals surface area contributed by atoms with Crippen LogP contribution in [0.4, 0.5) is 23.2 Å². The van der Waals surface area contributed by atoms with Gasteiger partial charge in [-0.3, -0.25) is 20.5 Å². The third-order valence-electron chi connectivity index (χ3n) is 8.16. The summed E-state index contributed by atoms with van der Waals surface area (Å²) in [4.78, 5) is 20.2. The zero-order valence-corrected chi connectivity index (χ0v) is 25.1. The fourth-order valence-corrected chi connectivity index (χ4v) is 5.56. The van der Waals surface area contributed by atoms with Crippen molar-refractivity contribution in [2.45, 2.75) is 51.1 Å². The molecule has 2 N–H and O–H groups in total. The number of hydrogen-bond acceptors (Lipinski definition) is 6. The Hall–Kier alpha value is -3.35. The molecule has 43 heavy (non-hydrogen) atoms. The van der Waals surface area contributed by atoms with Crippen molar-refractivity contribution in [1.29, 1.82) is 10.8 Å². The second-order valence-electron chi connectivity index (χ2n) is 11.5. The largest absolute Gasteiger partial charge is 0.416 e. The van der Waals surface area contributed by atoms with Crippen LogP contribution in [-0.2, 0) is 29.4 Å². The molecule has 8 nitrogen and oxygen atoms in total. The molecule has 0 radical (unpaired) electrons. The number of carbonyl (C=O) groups is 1. The number of hydrogen-bond donors (Lipinski definition) is 2. The van der Waals surface area contributed by atoms with Crippen molar-refractivity contribution in [2.24, 2.45) is 0 Å². The molecule has 0 aromatic heterocycles. The molecule has 12 heteroatoms. The van der Waals surface area contributed by atoms with Crippen LogP contribution in [0.2, 0.25) is 0 Å². The number of ether oxygens (including phenoxy) is 1. The highest BCUT2D eigenvalue weighted by molar-refractivity contribution is 6.10. The standard InChI is InChI=1S/C28H32F4N6O2.C3H8/c1-35-6-8-37(9-7-35)13-18-10-21-22(23(11-18)28(30,31)32)14-38(26(21)39)20-5-3-4-19(12-20)27(15-40-16-27)24(29)25(34)36(2)17-33;1-3-2/h3-5,10-12,17,24,33-34H,6-9,13-16H2,1-2H3;3H2,1-2H3. The molecule has 2 saturated heterocycles. The molecule has 3 heterocycles. The van der Waals surface area contributed by atoms with Gasteiger partial charge in [0, 0.05) is 51.0 Å². The quantitative estimate of drug-likeness (QED) is 0.259. The Labute approximate surface area is 250 Å². The van der Waals surface area contributed by atoms with Gasteiger partial charge in [0.25, 0.3) is 5.91 Å². The van der Waals surface area contributed by atoms with Gasteiger partial charge in [0.15, 0.2) is 6.17 Å². The van der Waals surface area contributed by atoms with Crippen molar-refractivity contribution >= 4 is 23.8 Å². The zero-order chi connectivity index (χ0) is 31.5. The lowest BCUT2D eigenvalue weighted by Crippen LogP contribution is -2.58. The Balaban J connectivity index is 0.00000135. The molecule has 3 aliphatic heterocycles. The number of likely N-dealkylation sites (N-methyl/N-ethyl adjacent to an activating group) is 1. The van der Waals surface area contributed by atoms with E-state index in [1.54, 1.807) is 30.3 Å². The molecule has 1 amide bonds. The summed E-state index contributed by atoms with van der Waals surface area (Å²) in [5.41, 5.74) is -0.781. The fraction of sp³-hybridized carbons (Fsp3) is 0.516. The van der Waals surface area contributed by atoms with E-state index < -0.39 is 35.1 Å². The van der Waals surface area contributed by atoms with Gasteiger partial charge in [0.1, 0.15) is 5.84 Å². The molecular formula is C31H40F4N6O2. The molecule has 5 rings (SSSR count). The van der Waals surface area contributed by atoms with Gasteiger partial charge in [-0.05, 0) is 48.0 Å². The smallest absolute Gasteiger partial charge is 0.379 e. The van der Waals surface area contributed by atoms with Gasteiger partial charge in [-0.2, -0.15) is 13.2 Å². The Morgan fingerprint density at radius 3 is 2.35 bits per heavy atom. The number of rotatable bonds is 7. The van der Waals surface area contributed by atoms with Crippen LogP contribution in [-0.4, -0.2) is 92.4 Å². The second kappa shape index (κ2) is 13.1. The SMILES string of the molecule is CCC.CN1CCN(Cc2cc3c(c(C(F)(F)F)c2)CN(c2cccc(C4(C(F)C(=N)N(C)C=N)COC4)c2)C3=O)CC1. The maximum Gasteiger partial charge on any atom is 0.416 e. The van der Waals surface area contributed by atoms with Crippen LogP contribution in [0.1, 0.15) is 52.9 Å². The maximum absolute atomic E-state index is 15.6. The third kappa shape index (κ3) is 6.61. The summed E-state index contributed by atoms with van der Waals surface area (Å²) in [6.45, 7) is 7.42. The van der Waals surface area contributed by atoms with Gasteiger partial charge in [-0.15, -0.1) is 0 Å². The monoisotopic (exact) mass is 604 g/mol. The first-order valence-electron chi connectivity index (χ1n) is 14.5. The van der Waals surface area contributed by atoms with Gasteiger partial charge in [-0.1, -0.05) is 32.4 Å². The molecular weight excluding hydrogens is 564 g/mol. The normalized spacial score (nSPS) is 19.2. The molecule has 2 aromatic rings. The Bertz CT molecular complexity index is 1340. The topological polar surface area (TPSA) is 87.0 Å². The van der Waals surface area contributed by atoms with Crippen LogP contribution < -0.4 is 4.90 Å². The molecule has 2 aromatic carbocycles. The van der Waals surface area contributed by atoms with Gasteiger partial charge in [0.2, 0.25) is 0 Å². The van der Waals surface area contributed by atoms with Gasteiger partial charge < -0.3 is 19.4 Å². The average molecular weight is 605 g/mol. The van der Waals surface area contributed by atoms with Gasteiger partial charge in [-0.25, -0.2) is 4.39 Å². The van der Waals surface area contributed by atoms with E-state index in [4.69, 9.17) is 15.6 Å². The average Bonchev–Trinajstić information content (AvgIpc) is 3.28. The molecule has 3 aliphatic rings. The lowest BCUT2D eigenvalue weighted by atomic mass is 9.73. The molecule has 2 fully saturated rings. The summed E-state index contributed by atoms with van der Waals surface area (Å²) in [5.74, 6) is -0.944. The van der Waals surface area contributed by atoms with Crippen molar-refractivity contribution in [2.75, 3.05) is 58.4 Å². The molecule has 1 atom stereocenters.